The van der Waals surface area contributed by atoms with E-state index >= 15 is 0 Å². The lowest BCUT2D eigenvalue weighted by Crippen LogP contribution is -2.09. The Bertz CT molecular complexity index is 305. The van der Waals surface area contributed by atoms with Gasteiger partial charge in [0.1, 0.15) is 0 Å². The zero-order valence-corrected chi connectivity index (χ0v) is 8.74. The minimum absolute atomic E-state index is 1.22. The normalized spacial score (nSPS) is 16.8. The number of hydrogen-bond donors (Lipinski definition) is 0. The average Bonchev–Trinajstić information content (AvgIpc) is 2.70. The predicted molar refractivity (Wildman–Crippen MR) is 61.0 cm³/mol. The molecule has 0 aromatic heterocycles. The molecule has 74 valence electrons. The molecule has 1 heteroatoms. The monoisotopic (exact) mass is 187 g/mol. The number of hydrogen-bond acceptors (Lipinski definition) is 1. The zero-order chi connectivity index (χ0) is 9.80. The van der Waals surface area contributed by atoms with E-state index in [9.17, 15) is 0 Å². The van der Waals surface area contributed by atoms with Gasteiger partial charge < -0.3 is 4.90 Å². The fourth-order valence-electron chi connectivity index (χ4n) is 1.76. The molecule has 0 unspecified atom stereocenters. The van der Waals surface area contributed by atoms with Crippen molar-refractivity contribution < 1.29 is 0 Å². The molecule has 1 aromatic carbocycles. The highest BCUT2D eigenvalue weighted by Gasteiger charge is 2.05. The predicted octanol–water partition coefficient (Wildman–Crippen LogP) is 3.06. The van der Waals surface area contributed by atoms with E-state index in [0.717, 1.165) is 0 Å². The molecular weight excluding hydrogens is 170 g/mol. The van der Waals surface area contributed by atoms with Crippen LogP contribution < -0.4 is 0 Å². The maximum Gasteiger partial charge on any atom is 0.0173 e. The summed E-state index contributed by atoms with van der Waals surface area (Å²) in [5, 5.41) is 0. The Morgan fingerprint density at radius 1 is 1.07 bits per heavy atom. The molecule has 1 aliphatic heterocycles. The summed E-state index contributed by atoms with van der Waals surface area (Å²) in [6.07, 6.45) is 7.11. The molecule has 0 spiro atoms. The van der Waals surface area contributed by atoms with Crippen LogP contribution in [0.4, 0.5) is 0 Å². The molecule has 1 aromatic rings. The van der Waals surface area contributed by atoms with Gasteiger partial charge in [-0.25, -0.2) is 0 Å². The Hall–Kier alpha value is -1.24. The molecular formula is C13H17N. The molecule has 1 heterocycles. The van der Waals surface area contributed by atoms with Gasteiger partial charge in [0.15, 0.2) is 0 Å². The van der Waals surface area contributed by atoms with Gasteiger partial charge in [-0.1, -0.05) is 29.8 Å². The Kier molecular flexibility index (Phi) is 2.87. The highest BCUT2D eigenvalue weighted by molar-refractivity contribution is 5.49. The number of aryl methyl sites for hydroxylation is 1. The minimum atomic E-state index is 1.22. The molecule has 14 heavy (non-hydrogen) atoms. The van der Waals surface area contributed by atoms with Crippen molar-refractivity contribution in [2.45, 2.75) is 19.8 Å². The van der Waals surface area contributed by atoms with Crippen molar-refractivity contribution in [3.63, 3.8) is 0 Å². The van der Waals surface area contributed by atoms with E-state index in [1.54, 1.807) is 0 Å². The maximum atomic E-state index is 2.39. The summed E-state index contributed by atoms with van der Waals surface area (Å²) in [7, 11) is 0. The summed E-state index contributed by atoms with van der Waals surface area (Å²) in [5.74, 6) is 0. The van der Waals surface area contributed by atoms with Crippen molar-refractivity contribution >= 4 is 6.08 Å². The molecule has 1 fully saturated rings. The molecule has 0 atom stereocenters. The first kappa shape index (κ1) is 9.32. The highest BCUT2D eigenvalue weighted by atomic mass is 15.1. The maximum absolute atomic E-state index is 2.39. The summed E-state index contributed by atoms with van der Waals surface area (Å²) in [6, 6.07) is 8.65. The zero-order valence-electron chi connectivity index (χ0n) is 8.74. The standard InChI is InChI=1S/C13H17N/c1-12-4-6-13(7-5-12)8-11-14-9-2-3-10-14/h4-8,11H,2-3,9-10H2,1H3/b11-8+. The second kappa shape index (κ2) is 4.32. The lowest BCUT2D eigenvalue weighted by molar-refractivity contribution is 0.471. The smallest absolute Gasteiger partial charge is 0.0173 e. The van der Waals surface area contributed by atoms with Crippen LogP contribution in [0.2, 0.25) is 0 Å². The van der Waals surface area contributed by atoms with Crippen LogP contribution in [0.1, 0.15) is 24.0 Å². The van der Waals surface area contributed by atoms with E-state index in [-0.39, 0.29) is 0 Å². The topological polar surface area (TPSA) is 3.24 Å². The molecule has 0 saturated carbocycles. The van der Waals surface area contributed by atoms with Gasteiger partial charge in [-0.05, 0) is 37.6 Å². The summed E-state index contributed by atoms with van der Waals surface area (Å²) < 4.78 is 0. The van der Waals surface area contributed by atoms with Gasteiger partial charge in [0.2, 0.25) is 0 Å². The Morgan fingerprint density at radius 3 is 2.36 bits per heavy atom. The van der Waals surface area contributed by atoms with Gasteiger partial charge in [0.05, 0.1) is 0 Å². The molecule has 0 bridgehead atoms. The number of rotatable bonds is 2. The fraction of sp³-hybridized carbons (Fsp3) is 0.385. The van der Waals surface area contributed by atoms with Gasteiger partial charge >= 0.3 is 0 Å². The van der Waals surface area contributed by atoms with Crippen molar-refractivity contribution in [3.05, 3.63) is 41.6 Å². The van der Waals surface area contributed by atoms with Crippen LogP contribution in [0.25, 0.3) is 6.08 Å². The van der Waals surface area contributed by atoms with Gasteiger partial charge in [0, 0.05) is 13.1 Å². The first-order valence-corrected chi connectivity index (χ1v) is 5.33. The van der Waals surface area contributed by atoms with Crippen LogP contribution in [-0.4, -0.2) is 18.0 Å². The largest absolute Gasteiger partial charge is 0.377 e. The second-order valence-corrected chi connectivity index (χ2v) is 3.97. The molecule has 1 aliphatic rings. The molecule has 1 saturated heterocycles. The van der Waals surface area contributed by atoms with Gasteiger partial charge in [-0.15, -0.1) is 0 Å². The summed E-state index contributed by atoms with van der Waals surface area (Å²) >= 11 is 0. The van der Waals surface area contributed by atoms with Crippen molar-refractivity contribution in [3.8, 4) is 0 Å². The molecule has 1 nitrogen and oxygen atoms in total. The summed E-state index contributed by atoms with van der Waals surface area (Å²) in [5.41, 5.74) is 2.62. The number of likely N-dealkylation sites (tertiary alicyclic amines) is 1. The van der Waals surface area contributed by atoms with E-state index in [2.05, 4.69) is 48.4 Å². The molecule has 0 aliphatic carbocycles. The third kappa shape index (κ3) is 2.38. The van der Waals surface area contributed by atoms with Crippen LogP contribution in [0.5, 0.6) is 0 Å². The molecule has 0 N–H and O–H groups in total. The minimum Gasteiger partial charge on any atom is -0.377 e. The Balaban J connectivity index is 1.99. The van der Waals surface area contributed by atoms with Crippen LogP contribution in [0.3, 0.4) is 0 Å². The Morgan fingerprint density at radius 2 is 1.71 bits per heavy atom. The van der Waals surface area contributed by atoms with Crippen LogP contribution in [0, 0.1) is 6.92 Å². The Labute approximate surface area is 86.1 Å². The van der Waals surface area contributed by atoms with Crippen molar-refractivity contribution in [2.75, 3.05) is 13.1 Å². The van der Waals surface area contributed by atoms with Gasteiger partial charge in [-0.2, -0.15) is 0 Å². The van der Waals surface area contributed by atoms with E-state index in [1.807, 2.05) is 0 Å². The first-order valence-electron chi connectivity index (χ1n) is 5.33. The third-order valence-corrected chi connectivity index (χ3v) is 2.70. The van der Waals surface area contributed by atoms with Crippen molar-refractivity contribution in [1.82, 2.24) is 4.90 Å². The van der Waals surface area contributed by atoms with Crippen LogP contribution in [-0.2, 0) is 0 Å². The van der Waals surface area contributed by atoms with E-state index < -0.39 is 0 Å². The quantitative estimate of drug-likeness (QED) is 0.687. The van der Waals surface area contributed by atoms with E-state index in [0.29, 0.717) is 0 Å². The molecule has 0 radical (unpaired) electrons. The highest BCUT2D eigenvalue weighted by Crippen LogP contribution is 2.10. The van der Waals surface area contributed by atoms with Gasteiger partial charge in [-0.3, -0.25) is 0 Å². The molecule has 2 rings (SSSR count). The third-order valence-electron chi connectivity index (χ3n) is 2.70. The summed E-state index contributed by atoms with van der Waals surface area (Å²) in [6.45, 7) is 4.57. The number of benzene rings is 1. The van der Waals surface area contributed by atoms with E-state index in [1.165, 1.54) is 37.1 Å². The van der Waals surface area contributed by atoms with Crippen LogP contribution in [0.15, 0.2) is 30.5 Å². The van der Waals surface area contributed by atoms with E-state index in [4.69, 9.17) is 0 Å². The second-order valence-electron chi connectivity index (χ2n) is 3.97. The van der Waals surface area contributed by atoms with Crippen molar-refractivity contribution in [1.29, 1.82) is 0 Å². The summed E-state index contributed by atoms with van der Waals surface area (Å²) in [4.78, 5) is 2.39. The SMILES string of the molecule is Cc1ccc(/C=C/N2CCCC2)cc1. The number of nitrogens with zero attached hydrogens (tertiary/aromatic N) is 1. The molecule has 0 amide bonds. The fourth-order valence-corrected chi connectivity index (χ4v) is 1.76. The first-order chi connectivity index (χ1) is 6.84. The van der Waals surface area contributed by atoms with Crippen LogP contribution >= 0.6 is 0 Å². The lowest BCUT2D eigenvalue weighted by atomic mass is 10.1. The van der Waals surface area contributed by atoms with Crippen molar-refractivity contribution in [2.24, 2.45) is 0 Å². The lowest BCUT2D eigenvalue weighted by Gasteiger charge is -2.09. The van der Waals surface area contributed by atoms with Gasteiger partial charge in [0.25, 0.3) is 0 Å². The average molecular weight is 187 g/mol.